The molecule has 0 aromatic heterocycles. The van der Waals surface area contributed by atoms with Crippen molar-refractivity contribution < 1.29 is 18.1 Å². The molecule has 0 aliphatic carbocycles. The van der Waals surface area contributed by atoms with E-state index in [1.165, 1.54) is 37.0 Å². The van der Waals surface area contributed by atoms with Crippen molar-refractivity contribution >= 4 is 15.7 Å². The Bertz CT molecular complexity index is 428. The summed E-state index contributed by atoms with van der Waals surface area (Å²) in [6.07, 6.45) is 6.77. The first-order valence-electron chi connectivity index (χ1n) is 7.83. The molecule has 2 aliphatic rings. The first-order chi connectivity index (χ1) is 9.48. The van der Waals surface area contributed by atoms with Crippen LogP contribution < -0.4 is 10.2 Å². The number of carbonyl (C=O) groups is 1. The Hall–Kier alpha value is -0.620. The molecular formula is C14H27N2O3S+. The zero-order valence-electron chi connectivity index (χ0n) is 12.4. The van der Waals surface area contributed by atoms with Crippen molar-refractivity contribution in [3.8, 4) is 0 Å². The van der Waals surface area contributed by atoms with E-state index in [1.807, 2.05) is 6.92 Å². The van der Waals surface area contributed by atoms with Crippen LogP contribution in [-0.4, -0.2) is 51.0 Å². The Labute approximate surface area is 122 Å². The molecule has 5 nitrogen and oxygen atoms in total. The van der Waals surface area contributed by atoms with E-state index in [1.54, 1.807) is 0 Å². The quantitative estimate of drug-likeness (QED) is 0.740. The molecule has 0 unspecified atom stereocenters. The van der Waals surface area contributed by atoms with Crippen molar-refractivity contribution in [2.45, 2.75) is 57.5 Å². The molecule has 0 spiro atoms. The van der Waals surface area contributed by atoms with E-state index in [0.717, 1.165) is 13.1 Å². The first kappa shape index (κ1) is 15.8. The summed E-state index contributed by atoms with van der Waals surface area (Å²) in [5.74, 6) is 0.339. The maximum Gasteiger partial charge on any atom is 0.278 e. The summed E-state index contributed by atoms with van der Waals surface area (Å²) in [5.41, 5.74) is 0. The van der Waals surface area contributed by atoms with E-state index >= 15 is 0 Å². The van der Waals surface area contributed by atoms with E-state index in [4.69, 9.17) is 0 Å². The second-order valence-electron chi connectivity index (χ2n) is 6.26. The van der Waals surface area contributed by atoms with Crippen LogP contribution in [0.25, 0.3) is 0 Å². The third-order valence-corrected chi connectivity index (χ3v) is 6.35. The molecule has 116 valence electrons. The van der Waals surface area contributed by atoms with Crippen molar-refractivity contribution in [2.75, 3.05) is 24.6 Å². The molecule has 2 N–H and O–H groups in total. The molecule has 2 heterocycles. The molecule has 0 aromatic rings. The Morgan fingerprint density at radius 2 is 1.75 bits per heavy atom. The Morgan fingerprint density at radius 3 is 2.30 bits per heavy atom. The van der Waals surface area contributed by atoms with Crippen LogP contribution in [0.5, 0.6) is 0 Å². The summed E-state index contributed by atoms with van der Waals surface area (Å²) in [4.78, 5) is 13.6. The average Bonchev–Trinajstić information content (AvgIpc) is 2.67. The lowest BCUT2D eigenvalue weighted by Crippen LogP contribution is -3.16. The molecule has 1 amide bonds. The van der Waals surface area contributed by atoms with Crippen molar-refractivity contribution in [2.24, 2.45) is 0 Å². The molecule has 20 heavy (non-hydrogen) atoms. The SMILES string of the molecule is C[C@@H](C(=O)N[C@@H]1CCS(=O)(=O)C1)[NH+]1CCCCCCC1. The van der Waals surface area contributed by atoms with Crippen molar-refractivity contribution in [3.63, 3.8) is 0 Å². The summed E-state index contributed by atoms with van der Waals surface area (Å²) >= 11 is 0. The minimum Gasteiger partial charge on any atom is -0.347 e. The maximum absolute atomic E-state index is 12.3. The second-order valence-corrected chi connectivity index (χ2v) is 8.48. The zero-order valence-corrected chi connectivity index (χ0v) is 13.2. The number of hydrogen-bond donors (Lipinski definition) is 2. The molecule has 2 saturated heterocycles. The summed E-state index contributed by atoms with van der Waals surface area (Å²) in [6.45, 7) is 4.07. The lowest BCUT2D eigenvalue weighted by Gasteiger charge is -2.27. The van der Waals surface area contributed by atoms with Gasteiger partial charge in [0.05, 0.1) is 24.6 Å². The average molecular weight is 303 g/mol. The van der Waals surface area contributed by atoms with E-state index in [2.05, 4.69) is 5.32 Å². The maximum atomic E-state index is 12.3. The van der Waals surface area contributed by atoms with Gasteiger partial charge in [0.1, 0.15) is 0 Å². The number of sulfone groups is 1. The fourth-order valence-electron chi connectivity index (χ4n) is 3.21. The van der Waals surface area contributed by atoms with Gasteiger partial charge in [-0.1, -0.05) is 6.42 Å². The van der Waals surface area contributed by atoms with Gasteiger partial charge in [-0.15, -0.1) is 0 Å². The van der Waals surface area contributed by atoms with Gasteiger partial charge in [-0.05, 0) is 39.0 Å². The molecular weight excluding hydrogens is 276 g/mol. The molecule has 2 rings (SSSR count). The second kappa shape index (κ2) is 6.89. The Balaban J connectivity index is 1.84. The standard InChI is InChI=1S/C14H26N2O3S/c1-12(16-8-5-3-2-4-6-9-16)14(17)15-13-7-10-20(18,19)11-13/h12-13H,2-11H2,1H3,(H,15,17)/p+1/t12-,13+/m0/s1. The number of hydrogen-bond acceptors (Lipinski definition) is 3. The van der Waals surface area contributed by atoms with E-state index in [-0.39, 0.29) is 29.5 Å². The fraction of sp³-hybridized carbons (Fsp3) is 0.929. The van der Waals surface area contributed by atoms with Crippen LogP contribution >= 0.6 is 0 Å². The van der Waals surface area contributed by atoms with E-state index < -0.39 is 9.84 Å². The molecule has 2 fully saturated rings. The third-order valence-electron chi connectivity index (χ3n) is 4.58. The van der Waals surface area contributed by atoms with Crippen LogP contribution in [0.1, 0.15) is 45.4 Å². The van der Waals surface area contributed by atoms with Crippen LogP contribution in [0.2, 0.25) is 0 Å². The minimum absolute atomic E-state index is 0.0164. The highest BCUT2D eigenvalue weighted by Gasteiger charge is 2.32. The third kappa shape index (κ3) is 4.45. The van der Waals surface area contributed by atoms with Gasteiger partial charge in [0.2, 0.25) is 0 Å². The molecule has 2 aliphatic heterocycles. The molecule has 0 bridgehead atoms. The number of likely N-dealkylation sites (tertiary alicyclic amines) is 1. The lowest BCUT2D eigenvalue weighted by atomic mass is 10.1. The predicted octanol–water partition coefficient (Wildman–Crippen LogP) is -0.473. The highest BCUT2D eigenvalue weighted by Crippen LogP contribution is 2.11. The van der Waals surface area contributed by atoms with Crippen LogP contribution in [0.3, 0.4) is 0 Å². The Kier molecular flexibility index (Phi) is 5.43. The molecule has 0 saturated carbocycles. The van der Waals surface area contributed by atoms with Crippen molar-refractivity contribution in [3.05, 3.63) is 0 Å². The van der Waals surface area contributed by atoms with E-state index in [9.17, 15) is 13.2 Å². The fourth-order valence-corrected chi connectivity index (χ4v) is 4.89. The van der Waals surface area contributed by atoms with Gasteiger partial charge < -0.3 is 10.2 Å². The number of rotatable bonds is 3. The largest absolute Gasteiger partial charge is 0.347 e. The molecule has 0 aromatic carbocycles. The summed E-state index contributed by atoms with van der Waals surface area (Å²) in [7, 11) is -2.92. The molecule has 6 heteroatoms. The predicted molar refractivity (Wildman–Crippen MR) is 78.4 cm³/mol. The summed E-state index contributed by atoms with van der Waals surface area (Å²) in [5, 5.41) is 2.93. The normalized spacial score (nSPS) is 29.4. The first-order valence-corrected chi connectivity index (χ1v) is 9.65. The smallest absolute Gasteiger partial charge is 0.278 e. The van der Waals surface area contributed by atoms with Gasteiger partial charge >= 0.3 is 0 Å². The number of quaternary nitrogens is 1. The van der Waals surface area contributed by atoms with Crippen LogP contribution in [0, 0.1) is 0 Å². The van der Waals surface area contributed by atoms with Gasteiger partial charge in [0.15, 0.2) is 15.9 Å². The van der Waals surface area contributed by atoms with Gasteiger partial charge in [-0.3, -0.25) is 4.79 Å². The molecule has 2 atom stereocenters. The topological polar surface area (TPSA) is 67.7 Å². The van der Waals surface area contributed by atoms with Crippen LogP contribution in [0.15, 0.2) is 0 Å². The monoisotopic (exact) mass is 303 g/mol. The van der Waals surface area contributed by atoms with Gasteiger partial charge in [0.25, 0.3) is 5.91 Å². The van der Waals surface area contributed by atoms with Gasteiger partial charge in [-0.25, -0.2) is 8.42 Å². The lowest BCUT2D eigenvalue weighted by molar-refractivity contribution is -0.915. The minimum atomic E-state index is -2.92. The summed E-state index contributed by atoms with van der Waals surface area (Å²) in [6, 6.07) is -0.250. The number of nitrogens with one attached hydrogen (secondary N) is 2. The van der Waals surface area contributed by atoms with Crippen molar-refractivity contribution in [1.82, 2.24) is 5.32 Å². The number of amides is 1. The zero-order chi connectivity index (χ0) is 14.6. The van der Waals surface area contributed by atoms with Crippen molar-refractivity contribution in [1.29, 1.82) is 0 Å². The van der Waals surface area contributed by atoms with Crippen LogP contribution in [-0.2, 0) is 14.6 Å². The Morgan fingerprint density at radius 1 is 1.15 bits per heavy atom. The van der Waals surface area contributed by atoms with Crippen LogP contribution in [0.4, 0.5) is 0 Å². The number of carbonyl (C=O) groups excluding carboxylic acids is 1. The molecule has 0 radical (unpaired) electrons. The highest BCUT2D eigenvalue weighted by atomic mass is 32.2. The van der Waals surface area contributed by atoms with E-state index in [0.29, 0.717) is 6.42 Å². The highest BCUT2D eigenvalue weighted by molar-refractivity contribution is 7.91. The summed E-state index contributed by atoms with van der Waals surface area (Å²) < 4.78 is 22.8. The van der Waals surface area contributed by atoms with Gasteiger partial charge in [0, 0.05) is 6.04 Å². The van der Waals surface area contributed by atoms with Gasteiger partial charge in [-0.2, -0.15) is 0 Å².